The molecular weight excluding hydrogens is 449 g/mol. The summed E-state index contributed by atoms with van der Waals surface area (Å²) >= 11 is 0. The lowest BCUT2D eigenvalue weighted by molar-refractivity contribution is -0.142. The van der Waals surface area contributed by atoms with Crippen molar-refractivity contribution in [1.29, 1.82) is 0 Å². The van der Waals surface area contributed by atoms with Crippen LogP contribution in [-0.4, -0.2) is 63.0 Å². The van der Waals surface area contributed by atoms with Crippen LogP contribution < -0.4 is 10.0 Å². The van der Waals surface area contributed by atoms with E-state index in [-0.39, 0.29) is 29.5 Å². The third-order valence-electron chi connectivity index (χ3n) is 6.22. The van der Waals surface area contributed by atoms with Crippen molar-refractivity contribution in [3.63, 3.8) is 0 Å². The van der Waals surface area contributed by atoms with E-state index in [9.17, 15) is 22.4 Å². The fourth-order valence-corrected chi connectivity index (χ4v) is 5.41. The van der Waals surface area contributed by atoms with Crippen LogP contribution in [0.3, 0.4) is 0 Å². The van der Waals surface area contributed by atoms with E-state index < -0.39 is 34.3 Å². The highest BCUT2D eigenvalue weighted by Crippen LogP contribution is 2.20. The minimum atomic E-state index is -4.01. The first-order chi connectivity index (χ1) is 15.8. The van der Waals surface area contributed by atoms with Crippen molar-refractivity contribution in [3.05, 3.63) is 30.1 Å². The molecular formula is C23H34FN3O5S. The summed E-state index contributed by atoms with van der Waals surface area (Å²) in [6.07, 6.45) is 6.68. The highest BCUT2D eigenvalue weighted by molar-refractivity contribution is 7.89. The molecule has 2 fully saturated rings. The fraction of sp³-hybridized carbons (Fsp3) is 0.652. The average molecular weight is 484 g/mol. The summed E-state index contributed by atoms with van der Waals surface area (Å²) < 4.78 is 46.3. The molecule has 0 aromatic heterocycles. The maximum atomic E-state index is 13.2. The number of halogens is 1. The Morgan fingerprint density at radius 2 is 1.85 bits per heavy atom. The molecule has 2 aliphatic rings. The second-order valence-electron chi connectivity index (χ2n) is 8.75. The predicted octanol–water partition coefficient (Wildman–Crippen LogP) is 2.34. The second-order valence-corrected chi connectivity index (χ2v) is 10.5. The van der Waals surface area contributed by atoms with Crippen LogP contribution in [0, 0.1) is 5.82 Å². The van der Waals surface area contributed by atoms with Gasteiger partial charge in [-0.3, -0.25) is 9.59 Å². The lowest BCUT2D eigenvalue weighted by Crippen LogP contribution is -2.55. The van der Waals surface area contributed by atoms with Crippen LogP contribution >= 0.6 is 0 Å². The molecule has 8 nitrogen and oxygen atoms in total. The molecule has 1 aliphatic carbocycles. The van der Waals surface area contributed by atoms with E-state index in [1.54, 1.807) is 0 Å². The van der Waals surface area contributed by atoms with E-state index in [0.29, 0.717) is 19.4 Å². The smallest absolute Gasteiger partial charge is 0.243 e. The number of carbonyl (C=O) groups excluding carboxylic acids is 2. The molecule has 1 aromatic rings. The quantitative estimate of drug-likeness (QED) is 0.503. The number of nitrogens with one attached hydrogen (secondary N) is 2. The number of ether oxygens (including phenoxy) is 1. The molecule has 1 saturated heterocycles. The Balaban J connectivity index is 1.73. The molecule has 1 heterocycles. The van der Waals surface area contributed by atoms with E-state index in [1.165, 1.54) is 4.90 Å². The van der Waals surface area contributed by atoms with Crippen molar-refractivity contribution in [2.45, 2.75) is 81.4 Å². The van der Waals surface area contributed by atoms with Gasteiger partial charge in [-0.15, -0.1) is 0 Å². The van der Waals surface area contributed by atoms with Crippen molar-refractivity contribution in [2.24, 2.45) is 0 Å². The van der Waals surface area contributed by atoms with Crippen LogP contribution in [0.25, 0.3) is 0 Å². The van der Waals surface area contributed by atoms with Crippen LogP contribution in [0.2, 0.25) is 0 Å². The number of hydrogen-bond acceptors (Lipinski definition) is 5. The van der Waals surface area contributed by atoms with Crippen molar-refractivity contribution < 1.29 is 27.1 Å². The van der Waals surface area contributed by atoms with Gasteiger partial charge in [0.1, 0.15) is 11.9 Å². The van der Waals surface area contributed by atoms with Gasteiger partial charge in [0.15, 0.2) is 0 Å². The number of sulfonamides is 1. The summed E-state index contributed by atoms with van der Waals surface area (Å²) in [4.78, 5) is 27.7. The van der Waals surface area contributed by atoms with Gasteiger partial charge in [0, 0.05) is 19.2 Å². The van der Waals surface area contributed by atoms with E-state index in [0.717, 1.165) is 62.8 Å². The Bertz CT molecular complexity index is 897. The molecule has 2 atom stereocenters. The summed E-state index contributed by atoms with van der Waals surface area (Å²) in [7, 11) is -4.01. The van der Waals surface area contributed by atoms with Crippen molar-refractivity contribution in [2.75, 3.05) is 19.7 Å². The number of hydrogen-bond donors (Lipinski definition) is 2. The molecule has 3 rings (SSSR count). The summed E-state index contributed by atoms with van der Waals surface area (Å²) in [6, 6.07) is 3.80. The Labute approximate surface area is 195 Å². The lowest BCUT2D eigenvalue weighted by Gasteiger charge is -2.33. The van der Waals surface area contributed by atoms with Crippen LogP contribution in [0.4, 0.5) is 4.39 Å². The summed E-state index contributed by atoms with van der Waals surface area (Å²) in [5.41, 5.74) is 0. The van der Waals surface area contributed by atoms with Crippen LogP contribution in [-0.2, 0) is 24.3 Å². The molecule has 0 bridgehead atoms. The van der Waals surface area contributed by atoms with Gasteiger partial charge in [-0.2, -0.15) is 0 Å². The summed E-state index contributed by atoms with van der Waals surface area (Å²) in [6.45, 7) is 2.29. The minimum absolute atomic E-state index is 0.119. The maximum absolute atomic E-state index is 13.2. The Kier molecular flexibility index (Phi) is 9.22. The third kappa shape index (κ3) is 7.22. The number of amides is 2. The molecule has 0 spiro atoms. The minimum Gasteiger partial charge on any atom is -0.376 e. The number of carbonyl (C=O) groups is 2. The first-order valence-corrected chi connectivity index (χ1v) is 13.2. The van der Waals surface area contributed by atoms with Gasteiger partial charge in [0.2, 0.25) is 21.8 Å². The zero-order valence-corrected chi connectivity index (χ0v) is 19.9. The topological polar surface area (TPSA) is 105 Å². The molecule has 1 saturated carbocycles. The molecule has 1 aliphatic heterocycles. The maximum Gasteiger partial charge on any atom is 0.243 e. The van der Waals surface area contributed by atoms with Crippen molar-refractivity contribution in [1.82, 2.24) is 14.9 Å². The van der Waals surface area contributed by atoms with Gasteiger partial charge >= 0.3 is 0 Å². The SMILES string of the molecule is CCC[C@H](C(=O)NC1CCCC1)N(C[C@H]1CCCO1)C(=O)CNS(=O)(=O)c1ccc(F)cc1. The standard InChI is InChI=1S/C23H34FN3O5S/c1-2-6-21(23(29)26-18-7-3-4-8-18)27(16-19-9-5-14-32-19)22(28)15-25-33(30,31)20-12-10-17(24)11-13-20/h10-13,18-19,21,25H,2-9,14-16H2,1H3,(H,26,29)/t19-,21-/m1/s1. The Hall–Kier alpha value is -2.04. The number of rotatable bonds is 11. The average Bonchev–Trinajstić information content (AvgIpc) is 3.49. The van der Waals surface area contributed by atoms with Gasteiger partial charge < -0.3 is 15.0 Å². The first kappa shape index (κ1) is 25.6. The molecule has 2 N–H and O–H groups in total. The van der Waals surface area contributed by atoms with Gasteiger partial charge in [0.05, 0.1) is 17.5 Å². The zero-order valence-electron chi connectivity index (χ0n) is 19.1. The number of benzene rings is 1. The largest absolute Gasteiger partial charge is 0.376 e. The number of nitrogens with zero attached hydrogens (tertiary/aromatic N) is 1. The third-order valence-corrected chi connectivity index (χ3v) is 7.64. The van der Waals surface area contributed by atoms with Crippen molar-refractivity contribution in [3.8, 4) is 0 Å². The lowest BCUT2D eigenvalue weighted by atomic mass is 10.1. The summed E-state index contributed by atoms with van der Waals surface area (Å²) in [5.74, 6) is -1.24. The predicted molar refractivity (Wildman–Crippen MR) is 121 cm³/mol. The molecule has 10 heteroatoms. The van der Waals surface area contributed by atoms with E-state index >= 15 is 0 Å². The van der Waals surface area contributed by atoms with Gasteiger partial charge in [0.25, 0.3) is 0 Å². The van der Waals surface area contributed by atoms with Gasteiger partial charge in [-0.05, 0) is 56.4 Å². The zero-order chi connectivity index (χ0) is 23.8. The van der Waals surface area contributed by atoms with Crippen LogP contribution in [0.1, 0.15) is 58.3 Å². The molecule has 33 heavy (non-hydrogen) atoms. The normalized spacial score (nSPS) is 20.0. The fourth-order valence-electron chi connectivity index (χ4n) is 4.44. The monoisotopic (exact) mass is 483 g/mol. The first-order valence-electron chi connectivity index (χ1n) is 11.8. The second kappa shape index (κ2) is 11.9. The van der Waals surface area contributed by atoms with E-state index in [1.807, 2.05) is 6.92 Å². The van der Waals surface area contributed by atoms with Gasteiger partial charge in [-0.25, -0.2) is 17.5 Å². The van der Waals surface area contributed by atoms with E-state index in [2.05, 4.69) is 10.0 Å². The molecule has 1 aromatic carbocycles. The van der Waals surface area contributed by atoms with Crippen molar-refractivity contribution >= 4 is 21.8 Å². The molecule has 0 radical (unpaired) electrons. The Morgan fingerprint density at radius 3 is 2.45 bits per heavy atom. The highest BCUT2D eigenvalue weighted by Gasteiger charge is 2.34. The molecule has 0 unspecified atom stereocenters. The summed E-state index contributed by atoms with van der Waals surface area (Å²) in [5, 5.41) is 3.08. The van der Waals surface area contributed by atoms with Crippen LogP contribution in [0.5, 0.6) is 0 Å². The van der Waals surface area contributed by atoms with E-state index in [4.69, 9.17) is 4.74 Å². The molecule has 2 amide bonds. The highest BCUT2D eigenvalue weighted by atomic mass is 32.2. The molecule has 184 valence electrons. The van der Waals surface area contributed by atoms with Crippen LogP contribution in [0.15, 0.2) is 29.2 Å². The Morgan fingerprint density at radius 1 is 1.15 bits per heavy atom. The van der Waals surface area contributed by atoms with Gasteiger partial charge in [-0.1, -0.05) is 26.2 Å².